The van der Waals surface area contributed by atoms with Gasteiger partial charge < -0.3 is 4.90 Å². The average molecular weight is 253 g/mol. The van der Waals surface area contributed by atoms with Crippen LogP contribution in [0.3, 0.4) is 0 Å². The van der Waals surface area contributed by atoms with E-state index in [1.807, 2.05) is 26.2 Å². The summed E-state index contributed by atoms with van der Waals surface area (Å²) in [6.45, 7) is 2.68. The predicted molar refractivity (Wildman–Crippen MR) is 69.7 cm³/mol. The summed E-state index contributed by atoms with van der Waals surface area (Å²) in [6.07, 6.45) is 0. The van der Waals surface area contributed by atoms with Crippen LogP contribution in [0.5, 0.6) is 0 Å². The van der Waals surface area contributed by atoms with Crippen LogP contribution in [0.25, 0.3) is 0 Å². The minimum atomic E-state index is -0.0892. The van der Waals surface area contributed by atoms with Crippen molar-refractivity contribution in [2.45, 2.75) is 6.04 Å². The van der Waals surface area contributed by atoms with Gasteiger partial charge in [0.25, 0.3) is 0 Å². The van der Waals surface area contributed by atoms with E-state index < -0.39 is 0 Å². The standard InChI is InChI=1S/C13H17ClN2O/c1-15-7-8-16(2)12(9-15)13(17)10-5-3-4-6-11(10)14/h3-6,12H,7-9H2,1-2H3. The molecule has 0 aromatic heterocycles. The van der Waals surface area contributed by atoms with Crippen molar-refractivity contribution >= 4 is 17.4 Å². The van der Waals surface area contributed by atoms with Gasteiger partial charge in [-0.3, -0.25) is 9.69 Å². The first-order valence-electron chi connectivity index (χ1n) is 5.77. The van der Waals surface area contributed by atoms with Gasteiger partial charge >= 0.3 is 0 Å². The van der Waals surface area contributed by atoms with Crippen LogP contribution in [0.15, 0.2) is 24.3 Å². The highest BCUT2D eigenvalue weighted by Crippen LogP contribution is 2.19. The van der Waals surface area contributed by atoms with Gasteiger partial charge in [-0.15, -0.1) is 0 Å². The monoisotopic (exact) mass is 252 g/mol. The van der Waals surface area contributed by atoms with E-state index in [2.05, 4.69) is 9.80 Å². The summed E-state index contributed by atoms with van der Waals surface area (Å²) >= 11 is 6.07. The van der Waals surface area contributed by atoms with Crippen molar-refractivity contribution in [1.29, 1.82) is 0 Å². The number of carbonyl (C=O) groups is 1. The molecule has 1 aromatic rings. The van der Waals surface area contributed by atoms with Gasteiger partial charge in [-0.05, 0) is 26.2 Å². The summed E-state index contributed by atoms with van der Waals surface area (Å²) in [5, 5.41) is 0.541. The Kier molecular flexibility index (Phi) is 3.82. The number of benzene rings is 1. The van der Waals surface area contributed by atoms with Crippen molar-refractivity contribution in [3.05, 3.63) is 34.9 Å². The lowest BCUT2D eigenvalue weighted by Gasteiger charge is -2.36. The zero-order valence-corrected chi connectivity index (χ0v) is 10.9. The Morgan fingerprint density at radius 3 is 2.71 bits per heavy atom. The largest absolute Gasteiger partial charge is 0.303 e. The number of likely N-dealkylation sites (N-methyl/N-ethyl adjacent to an activating group) is 2. The molecule has 2 rings (SSSR count). The second-order valence-corrected chi connectivity index (χ2v) is 5.01. The summed E-state index contributed by atoms with van der Waals surface area (Å²) in [5.74, 6) is 0.115. The second kappa shape index (κ2) is 5.17. The number of nitrogens with zero attached hydrogens (tertiary/aromatic N) is 2. The SMILES string of the molecule is CN1CCN(C)C(C(=O)c2ccccc2Cl)C1. The molecule has 92 valence electrons. The highest BCUT2D eigenvalue weighted by Gasteiger charge is 2.29. The number of rotatable bonds is 2. The molecular weight excluding hydrogens is 236 g/mol. The highest BCUT2D eigenvalue weighted by molar-refractivity contribution is 6.34. The summed E-state index contributed by atoms with van der Waals surface area (Å²) in [4.78, 5) is 16.7. The minimum Gasteiger partial charge on any atom is -0.303 e. The van der Waals surface area contributed by atoms with Gasteiger partial charge in [0.1, 0.15) is 0 Å². The molecule has 0 spiro atoms. The third-order valence-electron chi connectivity index (χ3n) is 3.29. The molecule has 1 aromatic carbocycles. The van der Waals surface area contributed by atoms with Crippen LogP contribution in [-0.2, 0) is 0 Å². The smallest absolute Gasteiger partial charge is 0.182 e. The van der Waals surface area contributed by atoms with Crippen molar-refractivity contribution in [2.75, 3.05) is 33.7 Å². The zero-order valence-electron chi connectivity index (χ0n) is 10.2. The second-order valence-electron chi connectivity index (χ2n) is 4.60. The Balaban J connectivity index is 2.22. The Morgan fingerprint density at radius 2 is 2.00 bits per heavy atom. The quantitative estimate of drug-likeness (QED) is 0.750. The van der Waals surface area contributed by atoms with Crippen LogP contribution in [-0.4, -0.2) is 55.4 Å². The van der Waals surface area contributed by atoms with Gasteiger partial charge in [-0.1, -0.05) is 23.7 Å². The lowest BCUT2D eigenvalue weighted by Crippen LogP contribution is -2.53. The van der Waals surface area contributed by atoms with E-state index in [0.29, 0.717) is 10.6 Å². The lowest BCUT2D eigenvalue weighted by molar-refractivity contribution is 0.0686. The first-order chi connectivity index (χ1) is 8.09. The molecule has 1 fully saturated rings. The Hall–Kier alpha value is -0.900. The van der Waals surface area contributed by atoms with Gasteiger partial charge in [0.15, 0.2) is 5.78 Å². The number of Topliss-reactive ketones (excluding diaryl/α,β-unsaturated/α-hetero) is 1. The van der Waals surface area contributed by atoms with Crippen LogP contribution in [0.1, 0.15) is 10.4 Å². The molecule has 0 saturated carbocycles. The fourth-order valence-corrected chi connectivity index (χ4v) is 2.36. The zero-order chi connectivity index (χ0) is 12.4. The molecule has 0 radical (unpaired) electrons. The van der Waals surface area contributed by atoms with Crippen molar-refractivity contribution < 1.29 is 4.79 Å². The van der Waals surface area contributed by atoms with Gasteiger partial charge in [0, 0.05) is 25.2 Å². The first-order valence-corrected chi connectivity index (χ1v) is 6.15. The molecule has 0 N–H and O–H groups in total. The van der Waals surface area contributed by atoms with Crippen LogP contribution >= 0.6 is 11.6 Å². The third-order valence-corrected chi connectivity index (χ3v) is 3.62. The molecular formula is C13H17ClN2O. The maximum atomic E-state index is 12.4. The molecule has 3 nitrogen and oxygen atoms in total. The third kappa shape index (κ3) is 2.68. The molecule has 4 heteroatoms. The number of piperazine rings is 1. The minimum absolute atomic E-state index is 0.0892. The molecule has 0 bridgehead atoms. The van der Waals surface area contributed by atoms with Crippen molar-refractivity contribution in [3.8, 4) is 0 Å². The van der Waals surface area contributed by atoms with Crippen LogP contribution in [0.2, 0.25) is 5.02 Å². The molecule has 0 aliphatic carbocycles. The van der Waals surface area contributed by atoms with Crippen LogP contribution in [0, 0.1) is 0 Å². The van der Waals surface area contributed by atoms with Crippen LogP contribution in [0.4, 0.5) is 0 Å². The maximum absolute atomic E-state index is 12.4. The first kappa shape index (κ1) is 12.6. The lowest BCUT2D eigenvalue weighted by atomic mass is 10.0. The topological polar surface area (TPSA) is 23.6 Å². The van der Waals surface area contributed by atoms with E-state index in [-0.39, 0.29) is 11.8 Å². The van der Waals surface area contributed by atoms with Gasteiger partial charge in [-0.2, -0.15) is 0 Å². The molecule has 1 saturated heterocycles. The Labute approximate surface area is 107 Å². The normalized spacial score (nSPS) is 22.6. The Bertz CT molecular complexity index is 422. The molecule has 1 aliphatic rings. The number of halogens is 1. The van der Waals surface area contributed by atoms with Gasteiger partial charge in [0.2, 0.25) is 0 Å². The summed E-state index contributed by atoms with van der Waals surface area (Å²) < 4.78 is 0. The van der Waals surface area contributed by atoms with Crippen molar-refractivity contribution in [1.82, 2.24) is 9.80 Å². The predicted octanol–water partition coefficient (Wildman–Crippen LogP) is 1.77. The van der Waals surface area contributed by atoms with E-state index in [1.54, 1.807) is 12.1 Å². The summed E-state index contributed by atoms with van der Waals surface area (Å²) in [7, 11) is 4.03. The van der Waals surface area contributed by atoms with E-state index in [4.69, 9.17) is 11.6 Å². The number of hydrogen-bond acceptors (Lipinski definition) is 3. The number of carbonyl (C=O) groups excluding carboxylic acids is 1. The highest BCUT2D eigenvalue weighted by atomic mass is 35.5. The van der Waals surface area contributed by atoms with E-state index >= 15 is 0 Å². The Morgan fingerprint density at radius 1 is 1.29 bits per heavy atom. The fraction of sp³-hybridized carbons (Fsp3) is 0.462. The number of ketones is 1. The summed E-state index contributed by atoms with van der Waals surface area (Å²) in [5.41, 5.74) is 0.626. The maximum Gasteiger partial charge on any atom is 0.182 e. The van der Waals surface area contributed by atoms with E-state index in [0.717, 1.165) is 19.6 Å². The molecule has 1 unspecified atom stereocenters. The molecule has 0 amide bonds. The van der Waals surface area contributed by atoms with Gasteiger partial charge in [-0.25, -0.2) is 0 Å². The van der Waals surface area contributed by atoms with Crippen molar-refractivity contribution in [3.63, 3.8) is 0 Å². The fourth-order valence-electron chi connectivity index (χ4n) is 2.13. The van der Waals surface area contributed by atoms with Gasteiger partial charge in [0.05, 0.1) is 11.1 Å². The number of hydrogen-bond donors (Lipinski definition) is 0. The summed E-state index contributed by atoms with van der Waals surface area (Å²) in [6, 6.07) is 7.17. The van der Waals surface area contributed by atoms with Crippen LogP contribution < -0.4 is 0 Å². The van der Waals surface area contributed by atoms with E-state index in [1.165, 1.54) is 0 Å². The molecule has 1 atom stereocenters. The molecule has 1 heterocycles. The van der Waals surface area contributed by atoms with Crippen molar-refractivity contribution in [2.24, 2.45) is 0 Å². The molecule has 1 aliphatic heterocycles. The molecule has 17 heavy (non-hydrogen) atoms. The average Bonchev–Trinajstić information content (AvgIpc) is 2.32. The van der Waals surface area contributed by atoms with E-state index in [9.17, 15) is 4.79 Å².